The Morgan fingerprint density at radius 1 is 0.850 bits per heavy atom. The lowest BCUT2D eigenvalue weighted by Crippen LogP contribution is -2.05. The Hall–Kier alpha value is -2.56. The highest BCUT2D eigenvalue weighted by molar-refractivity contribution is 6.01. The molecule has 20 heavy (non-hydrogen) atoms. The van der Waals surface area contributed by atoms with Crippen molar-refractivity contribution in [1.82, 2.24) is 0 Å². The van der Waals surface area contributed by atoms with Gasteiger partial charge in [0.25, 0.3) is 0 Å². The molecular formula is C15H14O5. The number of carbonyl (C=O) groups is 2. The van der Waals surface area contributed by atoms with Crippen molar-refractivity contribution in [3.8, 4) is 5.75 Å². The van der Waals surface area contributed by atoms with Crippen LogP contribution in [0.25, 0.3) is 10.8 Å². The van der Waals surface area contributed by atoms with Crippen molar-refractivity contribution >= 4 is 22.7 Å². The first-order valence-corrected chi connectivity index (χ1v) is 5.89. The van der Waals surface area contributed by atoms with E-state index in [9.17, 15) is 9.59 Å². The third-order valence-corrected chi connectivity index (χ3v) is 2.99. The molecule has 0 aromatic heterocycles. The van der Waals surface area contributed by atoms with Crippen LogP contribution in [0.4, 0.5) is 0 Å². The second kappa shape index (κ2) is 5.61. The molecule has 0 amide bonds. The van der Waals surface area contributed by atoms with Gasteiger partial charge in [0.15, 0.2) is 0 Å². The van der Waals surface area contributed by atoms with Gasteiger partial charge in [0.1, 0.15) is 11.3 Å². The zero-order valence-corrected chi connectivity index (χ0v) is 11.4. The molecule has 0 unspecified atom stereocenters. The number of ether oxygens (including phenoxy) is 3. The molecule has 0 aliphatic rings. The van der Waals surface area contributed by atoms with Crippen molar-refractivity contribution in [2.45, 2.75) is 0 Å². The van der Waals surface area contributed by atoms with Gasteiger partial charge in [-0.05, 0) is 35.0 Å². The zero-order chi connectivity index (χ0) is 14.7. The van der Waals surface area contributed by atoms with Crippen LogP contribution in [0, 0.1) is 0 Å². The van der Waals surface area contributed by atoms with Crippen LogP contribution in [-0.4, -0.2) is 33.3 Å². The first-order chi connectivity index (χ1) is 9.60. The molecule has 5 nitrogen and oxygen atoms in total. The molecular weight excluding hydrogens is 260 g/mol. The first-order valence-electron chi connectivity index (χ1n) is 5.89. The van der Waals surface area contributed by atoms with Crippen molar-refractivity contribution in [2.24, 2.45) is 0 Å². The number of hydrogen-bond acceptors (Lipinski definition) is 5. The maximum absolute atomic E-state index is 11.7. The van der Waals surface area contributed by atoms with Gasteiger partial charge in [-0.1, -0.05) is 6.07 Å². The third-order valence-electron chi connectivity index (χ3n) is 2.99. The molecule has 2 aromatic carbocycles. The summed E-state index contributed by atoms with van der Waals surface area (Å²) in [5, 5.41) is 1.58. The number of carbonyl (C=O) groups excluding carboxylic acids is 2. The Labute approximate surface area is 116 Å². The maximum atomic E-state index is 11.7. The summed E-state index contributed by atoms with van der Waals surface area (Å²) in [5.74, 6) is -0.496. The molecule has 0 saturated carbocycles. The van der Waals surface area contributed by atoms with Crippen molar-refractivity contribution in [2.75, 3.05) is 21.3 Å². The average Bonchev–Trinajstić information content (AvgIpc) is 2.51. The van der Waals surface area contributed by atoms with Crippen LogP contribution in [0.5, 0.6) is 5.75 Å². The Balaban J connectivity index is 2.63. The lowest BCUT2D eigenvalue weighted by atomic mass is 10.0. The smallest absolute Gasteiger partial charge is 0.341 e. The maximum Gasteiger partial charge on any atom is 0.341 e. The predicted molar refractivity (Wildman–Crippen MR) is 73.2 cm³/mol. The van der Waals surface area contributed by atoms with Gasteiger partial charge in [0.05, 0.1) is 26.9 Å². The van der Waals surface area contributed by atoms with E-state index in [0.29, 0.717) is 16.9 Å². The molecule has 0 atom stereocenters. The third kappa shape index (κ3) is 2.42. The second-order valence-electron chi connectivity index (χ2n) is 4.10. The van der Waals surface area contributed by atoms with E-state index in [0.717, 1.165) is 10.8 Å². The van der Waals surface area contributed by atoms with E-state index < -0.39 is 11.9 Å². The number of rotatable bonds is 3. The summed E-state index contributed by atoms with van der Waals surface area (Å²) >= 11 is 0. The van der Waals surface area contributed by atoms with Crippen molar-refractivity contribution in [1.29, 1.82) is 0 Å². The quantitative estimate of drug-likeness (QED) is 0.804. The van der Waals surface area contributed by atoms with E-state index in [1.54, 1.807) is 30.3 Å². The Bertz CT molecular complexity index is 675. The molecule has 2 rings (SSSR count). The van der Waals surface area contributed by atoms with Crippen LogP contribution >= 0.6 is 0 Å². The van der Waals surface area contributed by atoms with E-state index in [1.165, 1.54) is 21.3 Å². The Morgan fingerprint density at radius 2 is 1.55 bits per heavy atom. The van der Waals surface area contributed by atoms with Gasteiger partial charge in [-0.3, -0.25) is 0 Å². The van der Waals surface area contributed by atoms with Gasteiger partial charge in [-0.25, -0.2) is 9.59 Å². The number of fused-ring (bicyclic) bond motifs is 1. The topological polar surface area (TPSA) is 61.8 Å². The second-order valence-corrected chi connectivity index (χ2v) is 4.10. The molecule has 5 heteroatoms. The molecule has 0 aliphatic carbocycles. The molecule has 0 bridgehead atoms. The van der Waals surface area contributed by atoms with E-state index in [4.69, 9.17) is 9.47 Å². The molecule has 0 heterocycles. The fourth-order valence-corrected chi connectivity index (χ4v) is 1.96. The van der Waals surface area contributed by atoms with E-state index in [2.05, 4.69) is 4.74 Å². The number of esters is 2. The minimum absolute atomic E-state index is 0.310. The molecule has 0 fully saturated rings. The first kappa shape index (κ1) is 13.9. The van der Waals surface area contributed by atoms with Gasteiger partial charge in [-0.2, -0.15) is 0 Å². The monoisotopic (exact) mass is 274 g/mol. The van der Waals surface area contributed by atoms with Crippen LogP contribution in [0.1, 0.15) is 20.7 Å². The highest BCUT2D eigenvalue weighted by Crippen LogP contribution is 2.27. The number of hydrogen-bond donors (Lipinski definition) is 0. The minimum atomic E-state index is -0.493. The molecule has 0 aliphatic heterocycles. The Kier molecular flexibility index (Phi) is 3.89. The van der Waals surface area contributed by atoms with E-state index in [-0.39, 0.29) is 0 Å². The average molecular weight is 274 g/mol. The van der Waals surface area contributed by atoms with Crippen LogP contribution in [0.3, 0.4) is 0 Å². The highest BCUT2D eigenvalue weighted by atomic mass is 16.5. The summed E-state index contributed by atoms with van der Waals surface area (Å²) in [6, 6.07) is 8.44. The molecule has 0 radical (unpaired) electrons. The summed E-state index contributed by atoms with van der Waals surface area (Å²) in [7, 11) is 4.10. The largest absolute Gasteiger partial charge is 0.496 e. The number of benzene rings is 2. The zero-order valence-electron chi connectivity index (χ0n) is 11.4. The van der Waals surface area contributed by atoms with Crippen LogP contribution in [0.2, 0.25) is 0 Å². The molecule has 0 N–H and O–H groups in total. The van der Waals surface area contributed by atoms with E-state index in [1.807, 2.05) is 0 Å². The van der Waals surface area contributed by atoms with E-state index >= 15 is 0 Å². The van der Waals surface area contributed by atoms with Gasteiger partial charge in [-0.15, -0.1) is 0 Å². The van der Waals surface area contributed by atoms with Gasteiger partial charge >= 0.3 is 11.9 Å². The minimum Gasteiger partial charge on any atom is -0.496 e. The molecule has 104 valence electrons. The summed E-state index contributed by atoms with van der Waals surface area (Å²) in [4.78, 5) is 23.2. The summed E-state index contributed by atoms with van der Waals surface area (Å²) in [5.41, 5.74) is 0.727. The standard InChI is InChI=1S/C15H14O5/c1-18-13-8-9-4-5-10(14(16)19-2)6-11(9)7-12(13)15(17)20-3/h4-8H,1-3H3. The van der Waals surface area contributed by atoms with Gasteiger partial charge in [0.2, 0.25) is 0 Å². The summed E-state index contributed by atoms with van der Waals surface area (Å²) in [6.07, 6.45) is 0. The molecule has 0 saturated heterocycles. The summed E-state index contributed by atoms with van der Waals surface area (Å²) < 4.78 is 14.6. The number of methoxy groups -OCH3 is 3. The van der Waals surface area contributed by atoms with Crippen LogP contribution < -0.4 is 4.74 Å². The van der Waals surface area contributed by atoms with Gasteiger partial charge in [0, 0.05) is 0 Å². The molecule has 0 spiro atoms. The van der Waals surface area contributed by atoms with Gasteiger partial charge < -0.3 is 14.2 Å². The summed E-state index contributed by atoms with van der Waals surface area (Å²) in [6.45, 7) is 0. The molecule has 2 aromatic rings. The fourth-order valence-electron chi connectivity index (χ4n) is 1.96. The van der Waals surface area contributed by atoms with Crippen LogP contribution in [0.15, 0.2) is 30.3 Å². The van der Waals surface area contributed by atoms with Crippen LogP contribution in [-0.2, 0) is 9.47 Å². The van der Waals surface area contributed by atoms with Crippen molar-refractivity contribution in [3.63, 3.8) is 0 Å². The lowest BCUT2D eigenvalue weighted by molar-refractivity contribution is 0.0590. The highest BCUT2D eigenvalue weighted by Gasteiger charge is 2.15. The predicted octanol–water partition coefficient (Wildman–Crippen LogP) is 2.42. The Morgan fingerprint density at radius 3 is 2.15 bits per heavy atom. The fraction of sp³-hybridized carbons (Fsp3) is 0.200. The van der Waals surface area contributed by atoms with Crippen molar-refractivity contribution in [3.05, 3.63) is 41.5 Å². The van der Waals surface area contributed by atoms with Crippen molar-refractivity contribution < 1.29 is 23.8 Å². The normalized spacial score (nSPS) is 10.2. The SMILES string of the molecule is COC(=O)c1ccc2cc(OC)c(C(=O)OC)cc2c1. The lowest BCUT2D eigenvalue weighted by Gasteiger charge is -2.09.